The molecule has 1 atom stereocenters. The molecular formula is C28H39FN2. The van der Waals surface area contributed by atoms with Gasteiger partial charge in [-0.05, 0) is 100 Å². The fraction of sp³-hybridized carbons (Fsp3) is 0.571. The van der Waals surface area contributed by atoms with Crippen molar-refractivity contribution in [1.82, 2.24) is 10.2 Å². The molecule has 0 aromatic heterocycles. The van der Waals surface area contributed by atoms with Crippen LogP contribution < -0.4 is 5.32 Å². The van der Waals surface area contributed by atoms with Crippen LogP contribution in [0.5, 0.6) is 0 Å². The molecule has 0 radical (unpaired) electrons. The maximum absolute atomic E-state index is 13.6. The van der Waals surface area contributed by atoms with Gasteiger partial charge in [-0.2, -0.15) is 0 Å². The summed E-state index contributed by atoms with van der Waals surface area (Å²) in [5.41, 5.74) is 5.78. The van der Waals surface area contributed by atoms with E-state index >= 15 is 0 Å². The number of benzene rings is 1. The van der Waals surface area contributed by atoms with Crippen LogP contribution in [0.2, 0.25) is 0 Å². The molecule has 1 saturated heterocycles. The summed E-state index contributed by atoms with van der Waals surface area (Å²) < 4.78 is 13.6. The number of hydrogen-bond acceptors (Lipinski definition) is 2. The molecular weight excluding hydrogens is 383 g/mol. The van der Waals surface area contributed by atoms with E-state index in [0.717, 1.165) is 30.7 Å². The summed E-state index contributed by atoms with van der Waals surface area (Å²) in [6.07, 6.45) is 14.5. The number of rotatable bonds is 9. The highest BCUT2D eigenvalue weighted by molar-refractivity contribution is 5.39. The first kappa shape index (κ1) is 22.3. The third-order valence-electron chi connectivity index (χ3n) is 7.76. The minimum absolute atomic E-state index is 0.0965. The van der Waals surface area contributed by atoms with Gasteiger partial charge in [0.15, 0.2) is 0 Å². The Morgan fingerprint density at radius 2 is 1.90 bits per heavy atom. The average molecular weight is 423 g/mol. The number of likely N-dealkylation sites (tertiary alicyclic amines) is 1. The number of nitrogens with zero attached hydrogens (tertiary/aromatic N) is 1. The van der Waals surface area contributed by atoms with Crippen molar-refractivity contribution in [3.05, 3.63) is 71.2 Å². The standard InChI is InChI=1S/C28H39FN2/c1-22-19-25(21-26(29)20-22)23(2)30-15-7-3-4-8-16-31-17-13-28(14-18-31)12-11-24-9-5-6-10-27(24)28/h5-6,9-10,20-21,25,30H,2-4,7-8,11-19H2,1H3. The lowest BCUT2D eigenvalue weighted by molar-refractivity contribution is 0.156. The SMILES string of the molecule is C=C(NCCCCCCN1CCC2(CCc3ccccc32)CC1)C1C=C(F)C=C(C)C1. The molecule has 1 heterocycles. The van der Waals surface area contributed by atoms with Gasteiger partial charge in [-0.15, -0.1) is 0 Å². The van der Waals surface area contributed by atoms with Gasteiger partial charge in [-0.1, -0.05) is 49.3 Å². The van der Waals surface area contributed by atoms with E-state index < -0.39 is 0 Å². The van der Waals surface area contributed by atoms with Crippen LogP contribution in [0.25, 0.3) is 0 Å². The van der Waals surface area contributed by atoms with E-state index in [2.05, 4.69) is 41.1 Å². The van der Waals surface area contributed by atoms with Gasteiger partial charge in [0, 0.05) is 18.2 Å². The van der Waals surface area contributed by atoms with E-state index in [-0.39, 0.29) is 11.7 Å². The lowest BCUT2D eigenvalue weighted by Crippen LogP contribution is -2.41. The monoisotopic (exact) mass is 422 g/mol. The van der Waals surface area contributed by atoms with Crippen molar-refractivity contribution in [2.24, 2.45) is 5.92 Å². The Hall–Kier alpha value is -1.87. The van der Waals surface area contributed by atoms with Gasteiger partial charge in [0.05, 0.1) is 0 Å². The molecule has 0 amide bonds. The minimum atomic E-state index is -0.127. The number of unbranched alkanes of at least 4 members (excludes halogenated alkanes) is 3. The third-order valence-corrected chi connectivity index (χ3v) is 7.76. The summed E-state index contributed by atoms with van der Waals surface area (Å²) in [6.45, 7) is 10.8. The topological polar surface area (TPSA) is 15.3 Å². The van der Waals surface area contributed by atoms with Crippen LogP contribution in [0, 0.1) is 5.92 Å². The molecule has 1 fully saturated rings. The largest absolute Gasteiger partial charge is 0.388 e. The molecule has 3 heteroatoms. The molecule has 168 valence electrons. The van der Waals surface area contributed by atoms with Gasteiger partial charge >= 0.3 is 0 Å². The zero-order valence-corrected chi connectivity index (χ0v) is 19.3. The van der Waals surface area contributed by atoms with Gasteiger partial charge in [-0.3, -0.25) is 0 Å². The summed E-state index contributed by atoms with van der Waals surface area (Å²) in [5, 5.41) is 3.43. The Kier molecular flexibility index (Phi) is 7.32. The van der Waals surface area contributed by atoms with Crippen molar-refractivity contribution in [3.8, 4) is 0 Å². The molecule has 2 aliphatic carbocycles. The maximum Gasteiger partial charge on any atom is 0.119 e. The first-order chi connectivity index (χ1) is 15.1. The number of nitrogens with one attached hydrogen (secondary N) is 1. The van der Waals surface area contributed by atoms with Crippen molar-refractivity contribution in [2.75, 3.05) is 26.2 Å². The molecule has 1 aliphatic heterocycles. The third kappa shape index (κ3) is 5.49. The highest BCUT2D eigenvalue weighted by Crippen LogP contribution is 2.46. The maximum atomic E-state index is 13.6. The van der Waals surface area contributed by atoms with Crippen LogP contribution in [-0.4, -0.2) is 31.1 Å². The van der Waals surface area contributed by atoms with E-state index in [0.29, 0.717) is 5.41 Å². The van der Waals surface area contributed by atoms with Crippen LogP contribution in [0.3, 0.4) is 0 Å². The number of fused-ring (bicyclic) bond motifs is 2. The predicted octanol–water partition coefficient (Wildman–Crippen LogP) is 6.45. The summed E-state index contributed by atoms with van der Waals surface area (Å²) in [4.78, 5) is 2.69. The second-order valence-corrected chi connectivity index (χ2v) is 10.00. The predicted molar refractivity (Wildman–Crippen MR) is 129 cm³/mol. The summed E-state index contributed by atoms with van der Waals surface area (Å²) in [6, 6.07) is 9.15. The molecule has 31 heavy (non-hydrogen) atoms. The van der Waals surface area contributed by atoms with Crippen molar-refractivity contribution in [3.63, 3.8) is 0 Å². The molecule has 3 aliphatic rings. The molecule has 1 aromatic rings. The van der Waals surface area contributed by atoms with Crippen LogP contribution in [0.4, 0.5) is 4.39 Å². The normalized spacial score (nSPS) is 22.7. The molecule has 1 N–H and O–H groups in total. The second-order valence-electron chi connectivity index (χ2n) is 10.00. The molecule has 2 nitrogen and oxygen atoms in total. The summed E-state index contributed by atoms with van der Waals surface area (Å²) >= 11 is 0. The molecule has 1 aromatic carbocycles. The van der Waals surface area contributed by atoms with E-state index in [1.807, 2.05) is 6.92 Å². The molecule has 4 rings (SSSR count). The average Bonchev–Trinajstić information content (AvgIpc) is 3.12. The first-order valence-corrected chi connectivity index (χ1v) is 12.3. The summed E-state index contributed by atoms with van der Waals surface area (Å²) in [5.74, 6) is -0.0308. The number of piperidine rings is 1. The van der Waals surface area contributed by atoms with E-state index in [9.17, 15) is 4.39 Å². The number of hydrogen-bond donors (Lipinski definition) is 1. The lowest BCUT2D eigenvalue weighted by atomic mass is 9.74. The first-order valence-electron chi connectivity index (χ1n) is 12.3. The van der Waals surface area contributed by atoms with Crippen LogP contribution in [-0.2, 0) is 11.8 Å². The zero-order chi connectivity index (χ0) is 21.7. The molecule has 0 bridgehead atoms. The number of aryl methyl sites for hydroxylation is 1. The van der Waals surface area contributed by atoms with E-state index in [1.165, 1.54) is 64.6 Å². The van der Waals surface area contributed by atoms with Crippen LogP contribution in [0.15, 0.2) is 60.1 Å². The Labute approximate surface area is 188 Å². The lowest BCUT2D eigenvalue weighted by Gasteiger charge is -2.40. The van der Waals surface area contributed by atoms with Crippen molar-refractivity contribution in [2.45, 2.75) is 70.1 Å². The highest BCUT2D eigenvalue weighted by atomic mass is 19.1. The Bertz CT molecular complexity index is 829. The molecule has 0 saturated carbocycles. The Balaban J connectivity index is 1.07. The van der Waals surface area contributed by atoms with Crippen molar-refractivity contribution >= 4 is 0 Å². The van der Waals surface area contributed by atoms with Gasteiger partial charge < -0.3 is 10.2 Å². The quantitative estimate of drug-likeness (QED) is 0.460. The van der Waals surface area contributed by atoms with E-state index in [4.69, 9.17) is 0 Å². The van der Waals surface area contributed by atoms with Gasteiger partial charge in [0.1, 0.15) is 5.83 Å². The number of allylic oxidation sites excluding steroid dienone is 4. The van der Waals surface area contributed by atoms with Gasteiger partial charge in [0.25, 0.3) is 0 Å². The fourth-order valence-corrected chi connectivity index (χ4v) is 5.85. The van der Waals surface area contributed by atoms with Crippen molar-refractivity contribution in [1.29, 1.82) is 0 Å². The second kappa shape index (κ2) is 10.2. The summed E-state index contributed by atoms with van der Waals surface area (Å²) in [7, 11) is 0. The highest BCUT2D eigenvalue weighted by Gasteiger charge is 2.40. The molecule has 1 unspecified atom stereocenters. The Morgan fingerprint density at radius 3 is 2.71 bits per heavy atom. The van der Waals surface area contributed by atoms with Gasteiger partial charge in [0.2, 0.25) is 0 Å². The Morgan fingerprint density at radius 1 is 1.13 bits per heavy atom. The molecule has 1 spiro atoms. The van der Waals surface area contributed by atoms with Crippen LogP contribution >= 0.6 is 0 Å². The fourth-order valence-electron chi connectivity index (χ4n) is 5.85. The zero-order valence-electron chi connectivity index (χ0n) is 19.3. The van der Waals surface area contributed by atoms with E-state index in [1.54, 1.807) is 23.3 Å². The smallest absolute Gasteiger partial charge is 0.119 e. The number of halogens is 1. The minimum Gasteiger partial charge on any atom is -0.388 e. The van der Waals surface area contributed by atoms with Crippen molar-refractivity contribution < 1.29 is 4.39 Å². The van der Waals surface area contributed by atoms with Crippen LogP contribution in [0.1, 0.15) is 69.4 Å². The van der Waals surface area contributed by atoms with Gasteiger partial charge in [-0.25, -0.2) is 4.39 Å².